The van der Waals surface area contributed by atoms with Gasteiger partial charge in [0.1, 0.15) is 0 Å². The highest BCUT2D eigenvalue weighted by atomic mass is 35.5. The minimum absolute atomic E-state index is 0.0198. The van der Waals surface area contributed by atoms with E-state index < -0.39 is 43.8 Å². The van der Waals surface area contributed by atoms with Gasteiger partial charge in [-0.2, -0.15) is 17.5 Å². The van der Waals surface area contributed by atoms with Gasteiger partial charge in [-0.1, -0.05) is 11.6 Å². The molecule has 0 unspecified atom stereocenters. The monoisotopic (exact) mass is 425 g/mol. The van der Waals surface area contributed by atoms with Crippen molar-refractivity contribution in [2.75, 3.05) is 19.6 Å². The number of carbonyl (C=O) groups excluding carboxylic acids is 2. The van der Waals surface area contributed by atoms with Gasteiger partial charge in [0.25, 0.3) is 0 Å². The van der Waals surface area contributed by atoms with Crippen molar-refractivity contribution in [2.24, 2.45) is 0 Å². The zero-order chi connectivity index (χ0) is 20.0. The summed E-state index contributed by atoms with van der Waals surface area (Å²) in [7, 11) is -4.16. The van der Waals surface area contributed by atoms with Crippen LogP contribution in [0.3, 0.4) is 0 Å². The molecular formula is C15H15ClF3N3O4S. The molecule has 27 heavy (non-hydrogen) atoms. The molecule has 2 aliphatic heterocycles. The van der Waals surface area contributed by atoms with Crippen molar-refractivity contribution in [3.63, 3.8) is 0 Å². The quantitative estimate of drug-likeness (QED) is 0.751. The Hall–Kier alpha value is -1.85. The van der Waals surface area contributed by atoms with Crippen molar-refractivity contribution in [3.8, 4) is 0 Å². The maximum atomic E-state index is 13.0. The van der Waals surface area contributed by atoms with Crippen LogP contribution in [0.15, 0.2) is 23.1 Å². The summed E-state index contributed by atoms with van der Waals surface area (Å²) in [5.41, 5.74) is -1.22. The van der Waals surface area contributed by atoms with Crippen LogP contribution in [0, 0.1) is 0 Å². The number of rotatable bonds is 3. The number of benzene rings is 1. The summed E-state index contributed by atoms with van der Waals surface area (Å²) in [6, 6.07) is 1.48. The molecule has 12 heteroatoms. The van der Waals surface area contributed by atoms with Crippen molar-refractivity contribution in [1.82, 2.24) is 14.5 Å². The Morgan fingerprint density at radius 3 is 2.30 bits per heavy atom. The van der Waals surface area contributed by atoms with E-state index in [1.807, 2.05) is 0 Å². The second-order valence-corrected chi connectivity index (χ2v) is 8.54. The maximum Gasteiger partial charge on any atom is 0.417 e. The number of imide groups is 1. The van der Waals surface area contributed by atoms with Crippen LogP contribution in [-0.2, 0) is 21.0 Å². The lowest BCUT2D eigenvalue weighted by Crippen LogP contribution is -2.48. The molecule has 148 valence electrons. The first-order valence-corrected chi connectivity index (χ1v) is 9.80. The molecule has 2 saturated heterocycles. The van der Waals surface area contributed by atoms with E-state index in [1.54, 1.807) is 0 Å². The SMILES string of the molecule is O=C1CNC(=O)N1C1CCN(S(=O)(=O)c2ccc(Cl)c(C(F)(F)F)c2)CC1. The minimum Gasteiger partial charge on any atom is -0.329 e. The third kappa shape index (κ3) is 3.76. The summed E-state index contributed by atoms with van der Waals surface area (Å²) < 4.78 is 65.4. The molecule has 0 aromatic heterocycles. The first-order valence-electron chi connectivity index (χ1n) is 7.98. The lowest BCUT2D eigenvalue weighted by atomic mass is 10.1. The molecule has 1 aromatic rings. The summed E-state index contributed by atoms with van der Waals surface area (Å²) in [6.07, 6.45) is -4.37. The van der Waals surface area contributed by atoms with Crippen LogP contribution in [0.4, 0.5) is 18.0 Å². The van der Waals surface area contributed by atoms with Gasteiger partial charge in [-0.15, -0.1) is 0 Å². The Labute approximate surface area is 158 Å². The highest BCUT2D eigenvalue weighted by Crippen LogP contribution is 2.36. The molecule has 0 saturated carbocycles. The molecule has 1 N–H and O–H groups in total. The Bertz CT molecular complexity index is 867. The number of hydrogen-bond donors (Lipinski definition) is 1. The van der Waals surface area contributed by atoms with Crippen LogP contribution in [0.1, 0.15) is 18.4 Å². The van der Waals surface area contributed by atoms with Crippen LogP contribution < -0.4 is 5.32 Å². The van der Waals surface area contributed by atoms with E-state index in [0.717, 1.165) is 21.3 Å². The summed E-state index contributed by atoms with van der Waals surface area (Å²) in [5, 5.41) is 1.81. The van der Waals surface area contributed by atoms with E-state index >= 15 is 0 Å². The van der Waals surface area contributed by atoms with Gasteiger partial charge in [0.2, 0.25) is 15.9 Å². The Morgan fingerprint density at radius 2 is 1.78 bits per heavy atom. The molecule has 0 aliphatic carbocycles. The van der Waals surface area contributed by atoms with Gasteiger partial charge < -0.3 is 5.32 Å². The van der Waals surface area contributed by atoms with Crippen LogP contribution >= 0.6 is 11.6 Å². The number of nitrogens with one attached hydrogen (secondary N) is 1. The number of sulfonamides is 1. The van der Waals surface area contributed by atoms with Crippen LogP contribution in [-0.4, -0.2) is 55.2 Å². The Morgan fingerprint density at radius 1 is 1.15 bits per heavy atom. The molecule has 2 heterocycles. The van der Waals surface area contributed by atoms with Gasteiger partial charge in [0.05, 0.1) is 22.0 Å². The first-order chi connectivity index (χ1) is 12.5. The van der Waals surface area contributed by atoms with Crippen molar-refractivity contribution in [3.05, 3.63) is 28.8 Å². The van der Waals surface area contributed by atoms with E-state index in [9.17, 15) is 31.2 Å². The molecule has 3 rings (SSSR count). The summed E-state index contributed by atoms with van der Waals surface area (Å²) >= 11 is 5.53. The fraction of sp³-hybridized carbons (Fsp3) is 0.467. The van der Waals surface area contributed by atoms with Gasteiger partial charge in [0, 0.05) is 19.1 Å². The smallest absolute Gasteiger partial charge is 0.329 e. The van der Waals surface area contributed by atoms with E-state index in [0.29, 0.717) is 6.07 Å². The van der Waals surface area contributed by atoms with Gasteiger partial charge in [-0.3, -0.25) is 9.69 Å². The molecule has 3 amide bonds. The summed E-state index contributed by atoms with van der Waals surface area (Å²) in [4.78, 5) is 24.0. The standard InChI is InChI=1S/C15H15ClF3N3O4S/c16-12-2-1-10(7-11(12)15(17,18)19)27(25,26)21-5-3-9(4-6-21)22-13(23)8-20-14(22)24/h1-2,7,9H,3-6,8H2,(H,20,24). The highest BCUT2D eigenvalue weighted by Gasteiger charge is 2.40. The van der Waals surface area contributed by atoms with Gasteiger partial charge >= 0.3 is 12.2 Å². The fourth-order valence-corrected chi connectivity index (χ4v) is 4.90. The largest absolute Gasteiger partial charge is 0.417 e. The fourth-order valence-electron chi connectivity index (χ4n) is 3.18. The van der Waals surface area contributed by atoms with Gasteiger partial charge in [-0.25, -0.2) is 13.2 Å². The molecule has 7 nitrogen and oxygen atoms in total. The molecule has 2 fully saturated rings. The average Bonchev–Trinajstić information content (AvgIpc) is 2.93. The van der Waals surface area contributed by atoms with E-state index in [-0.39, 0.29) is 38.4 Å². The number of nitrogens with zero attached hydrogens (tertiary/aromatic N) is 2. The molecule has 0 spiro atoms. The van der Waals surface area contributed by atoms with Crippen LogP contribution in [0.5, 0.6) is 0 Å². The van der Waals surface area contributed by atoms with E-state index in [1.165, 1.54) is 0 Å². The molecular weight excluding hydrogens is 411 g/mol. The number of hydrogen-bond acceptors (Lipinski definition) is 4. The number of halogens is 4. The number of piperidine rings is 1. The highest BCUT2D eigenvalue weighted by molar-refractivity contribution is 7.89. The van der Waals surface area contributed by atoms with Gasteiger partial charge in [-0.05, 0) is 31.0 Å². The van der Waals surface area contributed by atoms with Crippen molar-refractivity contribution in [2.45, 2.75) is 30.0 Å². The molecule has 0 atom stereocenters. The number of carbonyl (C=O) groups is 2. The van der Waals surface area contributed by atoms with E-state index in [4.69, 9.17) is 11.6 Å². The lowest BCUT2D eigenvalue weighted by molar-refractivity contribution is -0.137. The maximum absolute atomic E-state index is 13.0. The molecule has 0 radical (unpaired) electrons. The number of amides is 3. The van der Waals surface area contributed by atoms with Crippen molar-refractivity contribution < 1.29 is 31.2 Å². The lowest BCUT2D eigenvalue weighted by Gasteiger charge is -2.34. The number of urea groups is 1. The summed E-state index contributed by atoms with van der Waals surface area (Å²) in [6.45, 7) is -0.135. The van der Waals surface area contributed by atoms with Crippen molar-refractivity contribution >= 4 is 33.6 Å². The predicted octanol–water partition coefficient (Wildman–Crippen LogP) is 2.06. The second kappa shape index (κ2) is 6.95. The molecule has 1 aromatic carbocycles. The van der Waals surface area contributed by atoms with E-state index in [2.05, 4.69) is 5.32 Å². The average molecular weight is 426 g/mol. The predicted molar refractivity (Wildman–Crippen MR) is 88.5 cm³/mol. The Balaban J connectivity index is 1.78. The summed E-state index contributed by atoms with van der Waals surface area (Å²) in [5.74, 6) is -0.381. The third-order valence-electron chi connectivity index (χ3n) is 4.55. The topological polar surface area (TPSA) is 86.8 Å². The number of alkyl halides is 3. The van der Waals surface area contributed by atoms with Crippen LogP contribution in [0.25, 0.3) is 0 Å². The second-order valence-electron chi connectivity index (χ2n) is 6.20. The molecule has 0 bridgehead atoms. The van der Waals surface area contributed by atoms with Gasteiger partial charge in [0.15, 0.2) is 0 Å². The Kier molecular flexibility index (Phi) is 5.12. The normalized spacial score (nSPS) is 20.2. The molecule has 2 aliphatic rings. The third-order valence-corrected chi connectivity index (χ3v) is 6.77. The zero-order valence-electron chi connectivity index (χ0n) is 13.8. The zero-order valence-corrected chi connectivity index (χ0v) is 15.4. The minimum atomic E-state index is -4.78. The van der Waals surface area contributed by atoms with Crippen LogP contribution in [0.2, 0.25) is 5.02 Å². The van der Waals surface area contributed by atoms with Crippen molar-refractivity contribution in [1.29, 1.82) is 0 Å². The first kappa shape index (κ1) is 19.9.